The summed E-state index contributed by atoms with van der Waals surface area (Å²) in [6, 6.07) is 6.08. The van der Waals surface area contributed by atoms with Crippen LogP contribution in [0.25, 0.3) is 0 Å². The zero-order chi connectivity index (χ0) is 14.0. The lowest BCUT2D eigenvalue weighted by atomic mass is 10.0. The maximum atomic E-state index is 11.9. The van der Waals surface area contributed by atoms with E-state index in [9.17, 15) is 9.59 Å². The van der Waals surface area contributed by atoms with Crippen LogP contribution in [0.5, 0.6) is 0 Å². The van der Waals surface area contributed by atoms with Gasteiger partial charge >= 0.3 is 5.97 Å². The van der Waals surface area contributed by atoms with Gasteiger partial charge in [-0.3, -0.25) is 9.59 Å². The predicted octanol–water partition coefficient (Wildman–Crippen LogP) is 1.82. The Morgan fingerprint density at radius 2 is 2.16 bits per heavy atom. The molecule has 0 spiro atoms. The smallest absolute Gasteiger partial charge is 0.310 e. The number of hydrogen-bond donors (Lipinski definition) is 0. The zero-order valence-corrected chi connectivity index (χ0v) is 11.6. The van der Waals surface area contributed by atoms with Crippen LogP contribution >= 0.6 is 0 Å². The van der Waals surface area contributed by atoms with Crippen LogP contribution in [-0.4, -0.2) is 30.4 Å². The van der Waals surface area contributed by atoms with Crippen molar-refractivity contribution < 1.29 is 14.3 Å². The minimum atomic E-state index is -0.317. The van der Waals surface area contributed by atoms with E-state index in [1.165, 1.54) is 18.2 Å². The van der Waals surface area contributed by atoms with E-state index in [1.54, 1.807) is 4.90 Å². The number of rotatable bonds is 3. The Kier molecular flexibility index (Phi) is 3.88. The number of carbonyl (C=O) groups excluding carboxylic acids is 2. The third-order valence-corrected chi connectivity index (χ3v) is 3.83. The molecule has 1 saturated heterocycles. The largest absolute Gasteiger partial charge is 0.469 e. The number of aryl methyl sites for hydroxylation is 1. The van der Waals surface area contributed by atoms with E-state index in [-0.39, 0.29) is 24.2 Å². The molecule has 0 aromatic heterocycles. The van der Waals surface area contributed by atoms with Crippen molar-refractivity contribution in [2.45, 2.75) is 26.8 Å². The third kappa shape index (κ3) is 2.78. The lowest BCUT2D eigenvalue weighted by molar-refractivity contribution is -0.145. The Bertz CT molecular complexity index is 510. The van der Waals surface area contributed by atoms with Gasteiger partial charge in [0.2, 0.25) is 5.91 Å². The van der Waals surface area contributed by atoms with Gasteiger partial charge in [0.25, 0.3) is 0 Å². The fraction of sp³-hybridized carbons (Fsp3) is 0.467. The van der Waals surface area contributed by atoms with Crippen molar-refractivity contribution in [3.05, 3.63) is 34.9 Å². The lowest BCUT2D eigenvalue weighted by Crippen LogP contribution is -2.26. The van der Waals surface area contributed by atoms with E-state index in [4.69, 9.17) is 4.74 Å². The molecule has 2 rings (SSSR count). The fourth-order valence-electron chi connectivity index (χ4n) is 2.44. The van der Waals surface area contributed by atoms with Crippen molar-refractivity contribution in [3.8, 4) is 0 Å². The average molecular weight is 261 g/mol. The van der Waals surface area contributed by atoms with Crippen molar-refractivity contribution in [1.82, 2.24) is 4.90 Å². The summed E-state index contributed by atoms with van der Waals surface area (Å²) in [4.78, 5) is 25.1. The maximum absolute atomic E-state index is 11.9. The molecule has 0 N–H and O–H groups in total. The molecule has 19 heavy (non-hydrogen) atoms. The second-order valence-electron chi connectivity index (χ2n) is 5.06. The fourth-order valence-corrected chi connectivity index (χ4v) is 2.44. The predicted molar refractivity (Wildman–Crippen MR) is 71.5 cm³/mol. The summed E-state index contributed by atoms with van der Waals surface area (Å²) in [5.74, 6) is -0.587. The average Bonchev–Trinajstić information content (AvgIpc) is 2.75. The molecule has 1 aliphatic heterocycles. The van der Waals surface area contributed by atoms with Gasteiger partial charge < -0.3 is 9.64 Å². The number of amides is 1. The molecule has 0 bridgehead atoms. The molecule has 0 radical (unpaired) electrons. The first-order valence-corrected chi connectivity index (χ1v) is 6.43. The van der Waals surface area contributed by atoms with Crippen LogP contribution < -0.4 is 0 Å². The van der Waals surface area contributed by atoms with Crippen LogP contribution in [0.2, 0.25) is 0 Å². The monoisotopic (exact) mass is 261 g/mol. The standard InChI is InChI=1S/C15H19NO3/c1-10-5-4-6-12(11(10)2)8-16-9-13(7-14(16)17)15(18)19-3/h4-6,13H,7-9H2,1-3H3. The summed E-state index contributed by atoms with van der Waals surface area (Å²) >= 11 is 0. The third-order valence-electron chi connectivity index (χ3n) is 3.83. The molecule has 1 unspecified atom stereocenters. The van der Waals surface area contributed by atoms with E-state index >= 15 is 0 Å². The summed E-state index contributed by atoms with van der Waals surface area (Å²) in [5.41, 5.74) is 3.56. The molecule has 1 fully saturated rings. The molecule has 4 nitrogen and oxygen atoms in total. The molecule has 1 aliphatic rings. The second-order valence-corrected chi connectivity index (χ2v) is 5.06. The number of nitrogens with zero attached hydrogens (tertiary/aromatic N) is 1. The summed E-state index contributed by atoms with van der Waals surface area (Å²) in [7, 11) is 1.36. The SMILES string of the molecule is COC(=O)C1CC(=O)N(Cc2cccc(C)c2C)C1. The highest BCUT2D eigenvalue weighted by atomic mass is 16.5. The Labute approximate surface area is 113 Å². The topological polar surface area (TPSA) is 46.6 Å². The molecule has 4 heteroatoms. The van der Waals surface area contributed by atoms with Gasteiger partial charge in [0, 0.05) is 19.5 Å². The van der Waals surface area contributed by atoms with Gasteiger partial charge in [-0.05, 0) is 30.5 Å². The molecular formula is C15H19NO3. The van der Waals surface area contributed by atoms with E-state index in [1.807, 2.05) is 12.1 Å². The lowest BCUT2D eigenvalue weighted by Gasteiger charge is -2.18. The zero-order valence-electron chi connectivity index (χ0n) is 11.6. The Hall–Kier alpha value is -1.84. The second kappa shape index (κ2) is 5.43. The molecule has 1 heterocycles. The summed E-state index contributed by atoms with van der Waals surface area (Å²) in [5, 5.41) is 0. The van der Waals surface area contributed by atoms with Gasteiger partial charge in [0.05, 0.1) is 13.0 Å². The van der Waals surface area contributed by atoms with Crippen LogP contribution in [0, 0.1) is 19.8 Å². The highest BCUT2D eigenvalue weighted by Gasteiger charge is 2.34. The van der Waals surface area contributed by atoms with E-state index < -0.39 is 0 Å². The van der Waals surface area contributed by atoms with Gasteiger partial charge in [-0.25, -0.2) is 0 Å². The number of likely N-dealkylation sites (tertiary alicyclic amines) is 1. The van der Waals surface area contributed by atoms with Crippen LogP contribution in [0.15, 0.2) is 18.2 Å². The van der Waals surface area contributed by atoms with Crippen LogP contribution in [0.4, 0.5) is 0 Å². The molecule has 1 atom stereocenters. The van der Waals surface area contributed by atoms with Crippen LogP contribution in [-0.2, 0) is 20.9 Å². The molecular weight excluding hydrogens is 242 g/mol. The molecule has 1 aromatic rings. The number of benzene rings is 1. The first-order valence-electron chi connectivity index (χ1n) is 6.43. The molecule has 0 aliphatic carbocycles. The minimum absolute atomic E-state index is 0.0244. The summed E-state index contributed by atoms with van der Waals surface area (Å²) in [6.45, 7) is 5.14. The first kappa shape index (κ1) is 13.6. The van der Waals surface area contributed by atoms with Crippen molar-refractivity contribution in [3.63, 3.8) is 0 Å². The Balaban J connectivity index is 2.10. The molecule has 102 valence electrons. The van der Waals surface area contributed by atoms with Crippen molar-refractivity contribution >= 4 is 11.9 Å². The highest BCUT2D eigenvalue weighted by molar-refractivity contribution is 5.86. The Morgan fingerprint density at radius 1 is 1.42 bits per heavy atom. The molecule has 1 aromatic carbocycles. The quantitative estimate of drug-likeness (QED) is 0.780. The number of ether oxygens (including phenoxy) is 1. The maximum Gasteiger partial charge on any atom is 0.310 e. The summed E-state index contributed by atoms with van der Waals surface area (Å²) < 4.78 is 4.71. The van der Waals surface area contributed by atoms with E-state index in [0.29, 0.717) is 13.1 Å². The van der Waals surface area contributed by atoms with Crippen molar-refractivity contribution in [1.29, 1.82) is 0 Å². The number of esters is 1. The van der Waals surface area contributed by atoms with Gasteiger partial charge in [-0.15, -0.1) is 0 Å². The normalized spacial score (nSPS) is 18.8. The summed E-state index contributed by atoms with van der Waals surface area (Å²) in [6.07, 6.45) is 0.261. The van der Waals surface area contributed by atoms with E-state index in [2.05, 4.69) is 19.9 Å². The minimum Gasteiger partial charge on any atom is -0.469 e. The molecule has 1 amide bonds. The van der Waals surface area contributed by atoms with Gasteiger partial charge in [-0.1, -0.05) is 18.2 Å². The van der Waals surface area contributed by atoms with Crippen LogP contribution in [0.3, 0.4) is 0 Å². The number of methoxy groups -OCH3 is 1. The number of carbonyl (C=O) groups is 2. The highest BCUT2D eigenvalue weighted by Crippen LogP contribution is 2.23. The van der Waals surface area contributed by atoms with Crippen molar-refractivity contribution in [2.75, 3.05) is 13.7 Å². The van der Waals surface area contributed by atoms with Crippen molar-refractivity contribution in [2.24, 2.45) is 5.92 Å². The van der Waals surface area contributed by atoms with Gasteiger partial charge in [0.15, 0.2) is 0 Å². The van der Waals surface area contributed by atoms with E-state index in [0.717, 1.165) is 5.56 Å². The Morgan fingerprint density at radius 3 is 2.84 bits per heavy atom. The van der Waals surface area contributed by atoms with Crippen LogP contribution in [0.1, 0.15) is 23.1 Å². The molecule has 0 saturated carbocycles. The van der Waals surface area contributed by atoms with Gasteiger partial charge in [-0.2, -0.15) is 0 Å². The van der Waals surface area contributed by atoms with Gasteiger partial charge in [0.1, 0.15) is 0 Å². The number of hydrogen-bond acceptors (Lipinski definition) is 3. The first-order chi connectivity index (χ1) is 9.02.